The van der Waals surface area contributed by atoms with Gasteiger partial charge in [-0.3, -0.25) is 4.79 Å². The van der Waals surface area contributed by atoms with Gasteiger partial charge in [0, 0.05) is 5.56 Å². The summed E-state index contributed by atoms with van der Waals surface area (Å²) in [5.74, 6) is -2.90. The van der Waals surface area contributed by atoms with Crippen molar-refractivity contribution in [1.82, 2.24) is 10.2 Å². The molecule has 0 bridgehead atoms. The predicted molar refractivity (Wildman–Crippen MR) is 97.4 cm³/mol. The third kappa shape index (κ3) is 4.26. The van der Waals surface area contributed by atoms with Crippen LogP contribution in [0.3, 0.4) is 0 Å². The highest BCUT2D eigenvalue weighted by molar-refractivity contribution is 6.03. The Kier molecular flexibility index (Phi) is 5.54. The average molecular weight is 384 g/mol. The van der Waals surface area contributed by atoms with Crippen LogP contribution in [0.1, 0.15) is 20.7 Å². The standard InChI is InChI=1S/C19H14F2N4O3/c1-28-19(27)12-4-2-3-5-15(12)22-16-8-9-17(25-24-16)23-18(26)11-6-7-13(20)14(21)10-11/h2-10H,1H3,(H,22,24)(H,23,25,26). The Balaban J connectivity index is 1.71. The summed E-state index contributed by atoms with van der Waals surface area (Å²) in [5, 5.41) is 13.1. The van der Waals surface area contributed by atoms with Crippen LogP contribution in [0, 0.1) is 11.6 Å². The molecule has 1 aromatic heterocycles. The fraction of sp³-hybridized carbons (Fsp3) is 0.0526. The second-order valence-corrected chi connectivity index (χ2v) is 5.55. The molecule has 142 valence electrons. The lowest BCUT2D eigenvalue weighted by atomic mass is 10.2. The van der Waals surface area contributed by atoms with Gasteiger partial charge in [0.1, 0.15) is 0 Å². The van der Waals surface area contributed by atoms with E-state index in [1.165, 1.54) is 19.2 Å². The number of aromatic nitrogens is 2. The van der Waals surface area contributed by atoms with Gasteiger partial charge in [0.15, 0.2) is 23.3 Å². The number of hydrogen-bond acceptors (Lipinski definition) is 6. The summed E-state index contributed by atoms with van der Waals surface area (Å²) in [6, 6.07) is 12.5. The zero-order chi connectivity index (χ0) is 20.1. The SMILES string of the molecule is COC(=O)c1ccccc1Nc1ccc(NC(=O)c2ccc(F)c(F)c2)nn1. The van der Waals surface area contributed by atoms with E-state index in [1.807, 2.05) is 0 Å². The Hall–Kier alpha value is -3.88. The smallest absolute Gasteiger partial charge is 0.339 e. The number of benzene rings is 2. The average Bonchev–Trinajstić information content (AvgIpc) is 2.71. The largest absolute Gasteiger partial charge is 0.465 e. The molecule has 1 heterocycles. The molecule has 3 rings (SSSR count). The Bertz CT molecular complexity index is 1030. The van der Waals surface area contributed by atoms with Crippen LogP contribution in [0.2, 0.25) is 0 Å². The van der Waals surface area contributed by atoms with Crippen LogP contribution in [-0.2, 0) is 4.74 Å². The molecular formula is C19H14F2N4O3. The van der Waals surface area contributed by atoms with Crippen molar-refractivity contribution < 1.29 is 23.1 Å². The Labute approximate surface area is 158 Å². The van der Waals surface area contributed by atoms with Crippen molar-refractivity contribution in [3.05, 3.63) is 77.4 Å². The number of methoxy groups -OCH3 is 1. The number of esters is 1. The first-order valence-corrected chi connectivity index (χ1v) is 8.02. The number of rotatable bonds is 5. The minimum Gasteiger partial charge on any atom is -0.465 e. The van der Waals surface area contributed by atoms with E-state index >= 15 is 0 Å². The van der Waals surface area contributed by atoms with E-state index in [2.05, 4.69) is 20.8 Å². The van der Waals surface area contributed by atoms with Crippen LogP contribution in [0.15, 0.2) is 54.6 Å². The summed E-state index contributed by atoms with van der Waals surface area (Å²) in [6.45, 7) is 0. The van der Waals surface area contributed by atoms with E-state index in [9.17, 15) is 18.4 Å². The fourth-order valence-electron chi connectivity index (χ4n) is 2.31. The van der Waals surface area contributed by atoms with Crippen molar-refractivity contribution in [2.45, 2.75) is 0 Å². The molecule has 2 aromatic carbocycles. The van der Waals surface area contributed by atoms with E-state index in [0.29, 0.717) is 17.1 Å². The number of para-hydroxylation sites is 1. The molecule has 0 spiro atoms. The van der Waals surface area contributed by atoms with E-state index < -0.39 is 23.5 Å². The third-order valence-corrected chi connectivity index (χ3v) is 3.68. The maximum atomic E-state index is 13.2. The molecular weight excluding hydrogens is 370 g/mol. The molecule has 0 aliphatic carbocycles. The Morgan fingerprint density at radius 1 is 0.929 bits per heavy atom. The van der Waals surface area contributed by atoms with E-state index in [1.54, 1.807) is 24.3 Å². The van der Waals surface area contributed by atoms with Gasteiger partial charge in [-0.25, -0.2) is 13.6 Å². The number of carbonyl (C=O) groups excluding carboxylic acids is 2. The maximum Gasteiger partial charge on any atom is 0.339 e. The second kappa shape index (κ2) is 8.21. The number of ether oxygens (including phenoxy) is 1. The van der Waals surface area contributed by atoms with Gasteiger partial charge in [-0.05, 0) is 42.5 Å². The first-order valence-electron chi connectivity index (χ1n) is 8.02. The molecule has 0 unspecified atom stereocenters. The van der Waals surface area contributed by atoms with Gasteiger partial charge in [0.05, 0.1) is 18.4 Å². The Morgan fingerprint density at radius 3 is 2.32 bits per heavy atom. The van der Waals surface area contributed by atoms with Gasteiger partial charge in [-0.15, -0.1) is 10.2 Å². The quantitative estimate of drug-likeness (QED) is 0.654. The van der Waals surface area contributed by atoms with E-state index in [0.717, 1.165) is 18.2 Å². The van der Waals surface area contributed by atoms with Crippen LogP contribution in [-0.4, -0.2) is 29.2 Å². The highest BCUT2D eigenvalue weighted by atomic mass is 19.2. The molecule has 0 fully saturated rings. The van der Waals surface area contributed by atoms with Crippen molar-refractivity contribution in [2.24, 2.45) is 0 Å². The van der Waals surface area contributed by atoms with Gasteiger partial charge in [-0.1, -0.05) is 12.1 Å². The predicted octanol–water partition coefficient (Wildman–Crippen LogP) is 3.54. The first-order chi connectivity index (χ1) is 13.5. The van der Waals surface area contributed by atoms with Crippen LogP contribution < -0.4 is 10.6 Å². The summed E-state index contributed by atoms with van der Waals surface area (Å²) in [6.07, 6.45) is 0. The van der Waals surface area contributed by atoms with Crippen molar-refractivity contribution in [3.63, 3.8) is 0 Å². The van der Waals surface area contributed by atoms with Crippen LogP contribution in [0.4, 0.5) is 26.1 Å². The first kappa shape index (κ1) is 18.9. The molecule has 28 heavy (non-hydrogen) atoms. The molecule has 0 saturated carbocycles. The highest BCUT2D eigenvalue weighted by Crippen LogP contribution is 2.20. The zero-order valence-corrected chi connectivity index (χ0v) is 14.6. The molecule has 0 aliphatic rings. The molecule has 9 heteroatoms. The number of nitrogens with zero attached hydrogens (tertiary/aromatic N) is 2. The summed E-state index contributed by atoms with van der Waals surface area (Å²) >= 11 is 0. The molecule has 7 nitrogen and oxygen atoms in total. The molecule has 0 atom stereocenters. The molecule has 3 aromatic rings. The topological polar surface area (TPSA) is 93.2 Å². The number of nitrogens with one attached hydrogen (secondary N) is 2. The molecule has 0 radical (unpaired) electrons. The van der Waals surface area contributed by atoms with Crippen LogP contribution in [0.5, 0.6) is 0 Å². The minimum atomic E-state index is -1.12. The summed E-state index contributed by atoms with van der Waals surface area (Å²) < 4.78 is 30.9. The molecule has 0 saturated heterocycles. The lowest BCUT2D eigenvalue weighted by molar-refractivity contribution is 0.0601. The number of carbonyl (C=O) groups is 2. The van der Waals surface area contributed by atoms with Gasteiger partial charge in [0.2, 0.25) is 0 Å². The molecule has 1 amide bonds. The number of halogens is 2. The van der Waals surface area contributed by atoms with Gasteiger partial charge >= 0.3 is 5.97 Å². The summed E-state index contributed by atoms with van der Waals surface area (Å²) in [4.78, 5) is 23.9. The van der Waals surface area contributed by atoms with Crippen LogP contribution in [0.25, 0.3) is 0 Å². The van der Waals surface area contributed by atoms with E-state index in [-0.39, 0.29) is 11.4 Å². The van der Waals surface area contributed by atoms with Crippen LogP contribution >= 0.6 is 0 Å². The monoisotopic (exact) mass is 384 g/mol. The normalized spacial score (nSPS) is 10.2. The fourth-order valence-corrected chi connectivity index (χ4v) is 2.31. The molecule has 0 aliphatic heterocycles. The van der Waals surface area contributed by atoms with Gasteiger partial charge < -0.3 is 15.4 Å². The lowest BCUT2D eigenvalue weighted by Gasteiger charge is -2.10. The van der Waals surface area contributed by atoms with Crippen molar-refractivity contribution in [3.8, 4) is 0 Å². The number of amides is 1. The highest BCUT2D eigenvalue weighted by Gasteiger charge is 2.13. The van der Waals surface area contributed by atoms with Crippen molar-refractivity contribution in [1.29, 1.82) is 0 Å². The van der Waals surface area contributed by atoms with Crippen molar-refractivity contribution in [2.75, 3.05) is 17.7 Å². The number of hydrogen-bond donors (Lipinski definition) is 2. The summed E-state index contributed by atoms with van der Waals surface area (Å²) in [5.41, 5.74) is 0.736. The van der Waals surface area contributed by atoms with Crippen molar-refractivity contribution >= 4 is 29.2 Å². The second-order valence-electron chi connectivity index (χ2n) is 5.55. The maximum absolute atomic E-state index is 13.2. The van der Waals surface area contributed by atoms with Gasteiger partial charge in [0.25, 0.3) is 5.91 Å². The van der Waals surface area contributed by atoms with E-state index in [4.69, 9.17) is 4.74 Å². The third-order valence-electron chi connectivity index (χ3n) is 3.68. The summed E-state index contributed by atoms with van der Waals surface area (Å²) in [7, 11) is 1.28. The zero-order valence-electron chi connectivity index (χ0n) is 14.6. The minimum absolute atomic E-state index is 0.0603. The van der Waals surface area contributed by atoms with Gasteiger partial charge in [-0.2, -0.15) is 0 Å². The molecule has 2 N–H and O–H groups in total. The number of anilines is 3. The Morgan fingerprint density at radius 2 is 1.64 bits per heavy atom. The lowest BCUT2D eigenvalue weighted by Crippen LogP contribution is -2.14.